The van der Waals surface area contributed by atoms with E-state index in [2.05, 4.69) is 10.1 Å². The molecule has 2 atom stereocenters. The van der Waals surface area contributed by atoms with Gasteiger partial charge in [0.2, 0.25) is 5.91 Å². The number of nitrogens with two attached hydrogens (primary N) is 1. The molecule has 1 aromatic heterocycles. The standard InChI is InChI=1S/C21H22N4O/c22-20(26)21(16-7-3-1-4-8-16,17-9-5-2-6-10-17)18-11-12-19(13-18)25-15-23-14-24-25/h1-10,14-15,18-19H,11-13H2,(H2,22,26)/t18?,19-/m0/s1. The molecule has 0 saturated heterocycles. The maximum atomic E-state index is 13.0. The summed E-state index contributed by atoms with van der Waals surface area (Å²) in [6.45, 7) is 0. The van der Waals surface area contributed by atoms with E-state index in [1.165, 1.54) is 0 Å². The van der Waals surface area contributed by atoms with Crippen molar-refractivity contribution >= 4 is 5.91 Å². The molecule has 5 nitrogen and oxygen atoms in total. The first-order chi connectivity index (χ1) is 12.7. The second-order valence-corrected chi connectivity index (χ2v) is 6.94. The monoisotopic (exact) mass is 346 g/mol. The molecule has 5 heteroatoms. The predicted molar refractivity (Wildman–Crippen MR) is 99.3 cm³/mol. The van der Waals surface area contributed by atoms with Gasteiger partial charge in [-0.05, 0) is 36.3 Å². The number of benzene rings is 2. The predicted octanol–water partition coefficient (Wildman–Crippen LogP) is 3.09. The lowest BCUT2D eigenvalue weighted by molar-refractivity contribution is -0.123. The summed E-state index contributed by atoms with van der Waals surface area (Å²) in [4.78, 5) is 17.1. The fraction of sp³-hybridized carbons (Fsp3) is 0.286. The van der Waals surface area contributed by atoms with Crippen LogP contribution in [0.25, 0.3) is 0 Å². The number of amides is 1. The topological polar surface area (TPSA) is 73.8 Å². The number of aromatic nitrogens is 3. The van der Waals surface area contributed by atoms with Crippen molar-refractivity contribution in [2.24, 2.45) is 11.7 Å². The van der Waals surface area contributed by atoms with Gasteiger partial charge in [0.1, 0.15) is 18.1 Å². The minimum Gasteiger partial charge on any atom is -0.369 e. The van der Waals surface area contributed by atoms with Crippen molar-refractivity contribution in [1.29, 1.82) is 0 Å². The maximum absolute atomic E-state index is 13.0. The molecule has 1 fully saturated rings. The Kier molecular flexibility index (Phi) is 4.29. The van der Waals surface area contributed by atoms with Crippen molar-refractivity contribution < 1.29 is 4.79 Å². The summed E-state index contributed by atoms with van der Waals surface area (Å²) < 4.78 is 1.90. The average molecular weight is 346 g/mol. The molecular formula is C21H22N4O. The lowest BCUT2D eigenvalue weighted by Gasteiger charge is -2.37. The van der Waals surface area contributed by atoms with Crippen molar-refractivity contribution in [3.8, 4) is 0 Å². The summed E-state index contributed by atoms with van der Waals surface area (Å²) in [5, 5.41) is 4.29. The van der Waals surface area contributed by atoms with Gasteiger partial charge in [-0.2, -0.15) is 5.10 Å². The van der Waals surface area contributed by atoms with E-state index in [4.69, 9.17) is 5.73 Å². The highest BCUT2D eigenvalue weighted by molar-refractivity contribution is 5.91. The SMILES string of the molecule is NC(=O)C(c1ccccc1)(c1ccccc1)C1CC[C@H](n2cncn2)C1. The van der Waals surface area contributed by atoms with Gasteiger partial charge in [-0.1, -0.05) is 60.7 Å². The lowest BCUT2D eigenvalue weighted by atomic mass is 9.64. The smallest absolute Gasteiger partial charge is 0.232 e. The van der Waals surface area contributed by atoms with E-state index in [0.29, 0.717) is 0 Å². The highest BCUT2D eigenvalue weighted by Gasteiger charge is 2.50. The summed E-state index contributed by atoms with van der Waals surface area (Å²) >= 11 is 0. The van der Waals surface area contributed by atoms with Crippen LogP contribution >= 0.6 is 0 Å². The van der Waals surface area contributed by atoms with E-state index >= 15 is 0 Å². The zero-order valence-corrected chi connectivity index (χ0v) is 14.5. The summed E-state index contributed by atoms with van der Waals surface area (Å²) in [7, 11) is 0. The number of rotatable bonds is 5. The van der Waals surface area contributed by atoms with Crippen LogP contribution in [0.2, 0.25) is 0 Å². The van der Waals surface area contributed by atoms with Crippen molar-refractivity contribution in [2.45, 2.75) is 30.7 Å². The van der Waals surface area contributed by atoms with Gasteiger partial charge in [0, 0.05) is 0 Å². The molecule has 2 aromatic carbocycles. The Hall–Kier alpha value is -2.95. The summed E-state index contributed by atoms with van der Waals surface area (Å²) in [5.74, 6) is -0.182. The second kappa shape index (κ2) is 6.75. The Balaban J connectivity index is 1.82. The fourth-order valence-electron chi connectivity index (χ4n) is 4.52. The first-order valence-electron chi connectivity index (χ1n) is 8.98. The van der Waals surface area contributed by atoms with Crippen molar-refractivity contribution in [2.75, 3.05) is 0 Å². The van der Waals surface area contributed by atoms with Crippen LogP contribution in [0.4, 0.5) is 0 Å². The summed E-state index contributed by atoms with van der Waals surface area (Å²) in [5.41, 5.74) is 7.19. The Morgan fingerprint density at radius 1 is 1.00 bits per heavy atom. The third-order valence-corrected chi connectivity index (χ3v) is 5.67. The minimum absolute atomic E-state index is 0.110. The number of carbonyl (C=O) groups excluding carboxylic acids is 1. The molecule has 0 radical (unpaired) electrons. The number of hydrogen-bond acceptors (Lipinski definition) is 3. The Bertz CT molecular complexity index is 822. The number of hydrogen-bond donors (Lipinski definition) is 1. The van der Waals surface area contributed by atoms with Crippen molar-refractivity contribution in [3.05, 3.63) is 84.4 Å². The molecule has 1 aliphatic rings. The maximum Gasteiger partial charge on any atom is 0.232 e. The van der Waals surface area contributed by atoms with Crippen LogP contribution in [0.15, 0.2) is 73.3 Å². The highest BCUT2D eigenvalue weighted by atomic mass is 16.1. The second-order valence-electron chi connectivity index (χ2n) is 6.94. The van der Waals surface area contributed by atoms with Crippen LogP contribution in [-0.2, 0) is 10.2 Å². The van der Waals surface area contributed by atoms with Gasteiger partial charge < -0.3 is 5.73 Å². The van der Waals surface area contributed by atoms with Gasteiger partial charge in [0.15, 0.2) is 0 Å². The van der Waals surface area contributed by atoms with E-state index in [0.717, 1.165) is 30.4 Å². The van der Waals surface area contributed by atoms with Crippen molar-refractivity contribution in [1.82, 2.24) is 14.8 Å². The minimum atomic E-state index is -0.835. The fourth-order valence-corrected chi connectivity index (χ4v) is 4.52. The summed E-state index contributed by atoms with van der Waals surface area (Å²) in [6, 6.07) is 20.1. The molecule has 1 heterocycles. The van der Waals surface area contributed by atoms with Crippen LogP contribution in [0.1, 0.15) is 36.4 Å². The first kappa shape index (κ1) is 16.5. The quantitative estimate of drug-likeness (QED) is 0.771. The summed E-state index contributed by atoms with van der Waals surface area (Å²) in [6.07, 6.45) is 6.03. The molecule has 1 unspecified atom stereocenters. The van der Waals surface area contributed by atoms with E-state index in [1.54, 1.807) is 12.7 Å². The van der Waals surface area contributed by atoms with Crippen molar-refractivity contribution in [3.63, 3.8) is 0 Å². The van der Waals surface area contributed by atoms with Gasteiger partial charge >= 0.3 is 0 Å². The molecule has 0 spiro atoms. The number of primary amides is 1. The van der Waals surface area contributed by atoms with Gasteiger partial charge in [-0.25, -0.2) is 9.67 Å². The third-order valence-electron chi connectivity index (χ3n) is 5.67. The van der Waals surface area contributed by atoms with Gasteiger partial charge in [-0.15, -0.1) is 0 Å². The zero-order chi connectivity index (χ0) is 18.0. The highest BCUT2D eigenvalue weighted by Crippen LogP contribution is 2.49. The molecule has 0 aliphatic heterocycles. The molecule has 2 N–H and O–H groups in total. The van der Waals surface area contributed by atoms with E-state index in [9.17, 15) is 4.79 Å². The Morgan fingerprint density at radius 2 is 1.62 bits per heavy atom. The van der Waals surface area contributed by atoms with Gasteiger partial charge in [0.05, 0.1) is 6.04 Å². The van der Waals surface area contributed by atoms with Crippen LogP contribution in [0, 0.1) is 5.92 Å². The third kappa shape index (κ3) is 2.60. The molecule has 4 rings (SSSR count). The molecule has 3 aromatic rings. The largest absolute Gasteiger partial charge is 0.369 e. The molecular weight excluding hydrogens is 324 g/mol. The van der Waals surface area contributed by atoms with Gasteiger partial charge in [-0.3, -0.25) is 4.79 Å². The molecule has 1 amide bonds. The molecule has 0 bridgehead atoms. The van der Waals surface area contributed by atoms with Crippen LogP contribution in [-0.4, -0.2) is 20.7 Å². The zero-order valence-electron chi connectivity index (χ0n) is 14.5. The normalized spacial score (nSPS) is 20.2. The molecule has 1 saturated carbocycles. The lowest BCUT2D eigenvalue weighted by Crippen LogP contribution is -2.47. The first-order valence-corrected chi connectivity index (χ1v) is 8.98. The average Bonchev–Trinajstić information content (AvgIpc) is 3.36. The molecule has 132 valence electrons. The number of carbonyl (C=O) groups is 1. The molecule has 1 aliphatic carbocycles. The van der Waals surface area contributed by atoms with Crippen LogP contribution in [0.3, 0.4) is 0 Å². The van der Waals surface area contributed by atoms with E-state index in [-0.39, 0.29) is 17.9 Å². The van der Waals surface area contributed by atoms with Crippen LogP contribution < -0.4 is 5.73 Å². The van der Waals surface area contributed by atoms with Crippen LogP contribution in [0.5, 0.6) is 0 Å². The molecule has 26 heavy (non-hydrogen) atoms. The Labute approximate surface area is 152 Å². The van der Waals surface area contributed by atoms with E-state index < -0.39 is 5.41 Å². The number of nitrogens with zero attached hydrogens (tertiary/aromatic N) is 3. The Morgan fingerprint density at radius 3 is 2.12 bits per heavy atom. The van der Waals surface area contributed by atoms with Gasteiger partial charge in [0.25, 0.3) is 0 Å². The van der Waals surface area contributed by atoms with E-state index in [1.807, 2.05) is 65.3 Å².